The summed E-state index contributed by atoms with van der Waals surface area (Å²) in [5, 5.41) is 22.4. The summed E-state index contributed by atoms with van der Waals surface area (Å²) in [6.45, 7) is 9.92. The molecule has 1 aliphatic heterocycles. The summed E-state index contributed by atoms with van der Waals surface area (Å²) in [7, 11) is 0. The van der Waals surface area contributed by atoms with Crippen LogP contribution in [0.3, 0.4) is 0 Å². The zero-order valence-electron chi connectivity index (χ0n) is 16.4. The zero-order valence-corrected chi connectivity index (χ0v) is 16.4. The summed E-state index contributed by atoms with van der Waals surface area (Å²) in [4.78, 5) is 26.3. The van der Waals surface area contributed by atoms with Crippen LogP contribution >= 0.6 is 0 Å². The highest BCUT2D eigenvalue weighted by atomic mass is 16.8. The van der Waals surface area contributed by atoms with Crippen molar-refractivity contribution in [2.24, 2.45) is 40.4 Å². The van der Waals surface area contributed by atoms with Gasteiger partial charge in [-0.3, -0.25) is 4.79 Å². The van der Waals surface area contributed by atoms with E-state index in [9.17, 15) is 19.8 Å². The normalized spacial score (nSPS) is 57.4. The summed E-state index contributed by atoms with van der Waals surface area (Å²) >= 11 is 0. The lowest BCUT2D eigenvalue weighted by Crippen LogP contribution is -2.64. The van der Waals surface area contributed by atoms with Crippen molar-refractivity contribution in [2.75, 3.05) is 0 Å². The van der Waals surface area contributed by atoms with Gasteiger partial charge >= 0.3 is 6.16 Å². The number of aliphatic hydroxyl groups excluding tert-OH is 2. The van der Waals surface area contributed by atoms with Gasteiger partial charge < -0.3 is 19.7 Å². The summed E-state index contributed by atoms with van der Waals surface area (Å²) in [6.07, 6.45) is -1.15. The van der Waals surface area contributed by atoms with E-state index in [1.165, 1.54) is 0 Å². The Morgan fingerprint density at radius 3 is 2.52 bits per heavy atom. The van der Waals surface area contributed by atoms with Crippen LogP contribution in [-0.4, -0.2) is 46.1 Å². The summed E-state index contributed by atoms with van der Waals surface area (Å²) < 4.78 is 11.3. The predicted octanol–water partition coefficient (Wildman–Crippen LogP) is 2.08. The lowest BCUT2D eigenvalue weighted by atomic mass is 9.59. The van der Waals surface area contributed by atoms with E-state index < -0.39 is 47.3 Å². The first-order valence-electron chi connectivity index (χ1n) is 10.0. The lowest BCUT2D eigenvalue weighted by Gasteiger charge is -2.46. The number of carbonyl (C=O) groups is 2. The first-order valence-corrected chi connectivity index (χ1v) is 10.0. The summed E-state index contributed by atoms with van der Waals surface area (Å²) in [5.41, 5.74) is -2.01. The maximum atomic E-state index is 14.1. The standard InChI is InChI=1S/C21H28O6/c1-8-7-20-9(2)6-11-13(19(11,4)5)12(16(20)24)14(22)10(3)17-21(20,15(8)23)27-18(25)26-17/h7,9-15,17,22-23H,6H2,1-5H3/t9-,10+,11-,12-,13+,14-,15+,17-,20+,21-/m1/s1. The molecule has 4 fully saturated rings. The highest BCUT2D eigenvalue weighted by molar-refractivity contribution is 5.95. The van der Waals surface area contributed by atoms with Gasteiger partial charge in [0.25, 0.3) is 0 Å². The number of hydrogen-bond donors (Lipinski definition) is 2. The molecule has 0 radical (unpaired) electrons. The van der Waals surface area contributed by atoms with Crippen molar-refractivity contribution >= 4 is 11.9 Å². The minimum absolute atomic E-state index is 0.00295. The van der Waals surface area contributed by atoms with Gasteiger partial charge in [0.1, 0.15) is 6.10 Å². The van der Waals surface area contributed by atoms with Gasteiger partial charge in [0.15, 0.2) is 17.5 Å². The molecule has 6 nitrogen and oxygen atoms in total. The molecule has 3 saturated carbocycles. The molecule has 4 aliphatic carbocycles. The molecule has 2 N–H and O–H groups in total. The van der Waals surface area contributed by atoms with E-state index in [0.717, 1.165) is 6.42 Å². The van der Waals surface area contributed by atoms with E-state index in [1.807, 2.05) is 13.0 Å². The number of fused-ring (bicyclic) bond motifs is 3. The van der Waals surface area contributed by atoms with Gasteiger partial charge in [0, 0.05) is 11.8 Å². The minimum Gasteiger partial charge on any atom is -0.426 e. The van der Waals surface area contributed by atoms with Crippen molar-refractivity contribution in [3.63, 3.8) is 0 Å². The third kappa shape index (κ3) is 1.64. The van der Waals surface area contributed by atoms with Crippen LogP contribution in [0.15, 0.2) is 11.6 Å². The maximum Gasteiger partial charge on any atom is 0.509 e. The number of rotatable bonds is 0. The van der Waals surface area contributed by atoms with Gasteiger partial charge in [-0.2, -0.15) is 0 Å². The second kappa shape index (κ2) is 4.77. The van der Waals surface area contributed by atoms with E-state index >= 15 is 0 Å². The first kappa shape index (κ1) is 17.7. The Morgan fingerprint density at radius 2 is 1.85 bits per heavy atom. The average molecular weight is 376 g/mol. The molecule has 0 aromatic carbocycles. The fourth-order valence-corrected chi connectivity index (χ4v) is 7.42. The van der Waals surface area contributed by atoms with E-state index in [4.69, 9.17) is 9.47 Å². The SMILES string of the molecule is CC1=C[C@]23C(=O)[C@@H]([C@H](O)[C@H](C)[C@H]4OC(=O)O[C@]42[C@H]1O)[C@@H]1[C@@H](C[C@H]3C)C1(C)C. The van der Waals surface area contributed by atoms with Crippen LogP contribution in [0.25, 0.3) is 0 Å². The molecule has 1 saturated heterocycles. The van der Waals surface area contributed by atoms with Gasteiger partial charge in [-0.05, 0) is 42.1 Å². The summed E-state index contributed by atoms with van der Waals surface area (Å²) in [6, 6.07) is 0. The fourth-order valence-electron chi connectivity index (χ4n) is 7.42. The van der Waals surface area contributed by atoms with Crippen LogP contribution in [0.4, 0.5) is 4.79 Å². The van der Waals surface area contributed by atoms with Crippen molar-refractivity contribution in [1.82, 2.24) is 0 Å². The Kier molecular flexibility index (Phi) is 3.12. The molecule has 2 bridgehead atoms. The van der Waals surface area contributed by atoms with E-state index in [2.05, 4.69) is 13.8 Å². The van der Waals surface area contributed by atoms with Gasteiger partial charge in [0.05, 0.1) is 11.5 Å². The molecule has 0 unspecified atom stereocenters. The third-order valence-electron chi connectivity index (χ3n) is 8.84. The highest BCUT2D eigenvalue weighted by Crippen LogP contribution is 2.73. The molecule has 148 valence electrons. The Balaban J connectivity index is 1.80. The van der Waals surface area contributed by atoms with E-state index in [1.54, 1.807) is 13.8 Å². The number of Topliss-reactive ketones (excluding diaryl/α,β-unsaturated/α-hetero) is 1. The molecular formula is C21H28O6. The van der Waals surface area contributed by atoms with Crippen LogP contribution in [0.1, 0.15) is 41.0 Å². The van der Waals surface area contributed by atoms with Crippen molar-refractivity contribution in [2.45, 2.75) is 65.0 Å². The third-order valence-corrected chi connectivity index (χ3v) is 8.84. The molecule has 2 spiro atoms. The van der Waals surface area contributed by atoms with Crippen LogP contribution in [0.5, 0.6) is 0 Å². The van der Waals surface area contributed by atoms with E-state index in [-0.39, 0.29) is 23.0 Å². The molecule has 10 atom stereocenters. The number of carbonyl (C=O) groups excluding carboxylic acids is 2. The fraction of sp³-hybridized carbons (Fsp3) is 0.810. The van der Waals surface area contributed by atoms with Gasteiger partial charge in [-0.25, -0.2) is 4.79 Å². The van der Waals surface area contributed by atoms with Crippen molar-refractivity contribution in [1.29, 1.82) is 0 Å². The Morgan fingerprint density at radius 1 is 1.19 bits per heavy atom. The minimum atomic E-state index is -1.49. The molecule has 5 rings (SSSR count). The van der Waals surface area contributed by atoms with Gasteiger partial charge in [0.2, 0.25) is 0 Å². The number of aliphatic hydroxyl groups is 2. The molecule has 5 aliphatic rings. The molecule has 0 aromatic rings. The Labute approximate surface area is 158 Å². The molecule has 27 heavy (non-hydrogen) atoms. The van der Waals surface area contributed by atoms with E-state index in [0.29, 0.717) is 11.5 Å². The summed E-state index contributed by atoms with van der Waals surface area (Å²) in [5.74, 6) is -0.842. The molecular weight excluding hydrogens is 348 g/mol. The van der Waals surface area contributed by atoms with Gasteiger partial charge in [-0.1, -0.05) is 33.8 Å². The smallest absolute Gasteiger partial charge is 0.426 e. The van der Waals surface area contributed by atoms with Crippen LogP contribution < -0.4 is 0 Å². The quantitative estimate of drug-likeness (QED) is 0.497. The Bertz CT molecular complexity index is 786. The van der Waals surface area contributed by atoms with Crippen molar-refractivity contribution in [3.05, 3.63) is 11.6 Å². The number of ketones is 1. The van der Waals surface area contributed by atoms with Gasteiger partial charge in [-0.15, -0.1) is 0 Å². The number of ether oxygens (including phenoxy) is 2. The zero-order chi connectivity index (χ0) is 19.7. The van der Waals surface area contributed by atoms with Crippen LogP contribution in [0.2, 0.25) is 0 Å². The predicted molar refractivity (Wildman–Crippen MR) is 94.5 cm³/mol. The first-order chi connectivity index (χ1) is 12.5. The number of hydrogen-bond acceptors (Lipinski definition) is 6. The monoisotopic (exact) mass is 376 g/mol. The highest BCUT2D eigenvalue weighted by Gasteiger charge is 2.82. The van der Waals surface area contributed by atoms with Crippen molar-refractivity contribution < 1.29 is 29.3 Å². The molecule has 6 heteroatoms. The average Bonchev–Trinajstić information content (AvgIpc) is 2.88. The second-order valence-electron chi connectivity index (χ2n) is 10.2. The maximum absolute atomic E-state index is 14.1. The largest absolute Gasteiger partial charge is 0.509 e. The topological polar surface area (TPSA) is 93.1 Å². The molecule has 0 aromatic heterocycles. The van der Waals surface area contributed by atoms with Crippen molar-refractivity contribution in [3.8, 4) is 0 Å². The second-order valence-corrected chi connectivity index (χ2v) is 10.2. The van der Waals surface area contributed by atoms with Crippen LogP contribution in [-0.2, 0) is 14.3 Å². The Hall–Kier alpha value is -1.40. The molecule has 0 amide bonds. The lowest BCUT2D eigenvalue weighted by molar-refractivity contribution is -0.163. The molecule has 1 heterocycles. The van der Waals surface area contributed by atoms with Crippen LogP contribution in [0, 0.1) is 40.4 Å².